The van der Waals surface area contributed by atoms with Crippen LogP contribution in [0.2, 0.25) is 0 Å². The summed E-state index contributed by atoms with van der Waals surface area (Å²) in [6.07, 6.45) is 0.286. The molecule has 11 heteroatoms. The summed E-state index contributed by atoms with van der Waals surface area (Å²) in [5.41, 5.74) is 0.0658. The van der Waals surface area contributed by atoms with Crippen molar-refractivity contribution in [3.05, 3.63) is 48.3 Å². The van der Waals surface area contributed by atoms with Crippen LogP contribution in [-0.2, 0) is 19.6 Å². The fourth-order valence-corrected chi connectivity index (χ4v) is 4.86. The van der Waals surface area contributed by atoms with E-state index in [1.54, 1.807) is 6.07 Å². The predicted octanol–water partition coefficient (Wildman–Crippen LogP) is 3.02. The molecule has 33 heavy (non-hydrogen) atoms. The zero-order valence-electron chi connectivity index (χ0n) is 18.1. The number of anilines is 2. The van der Waals surface area contributed by atoms with Gasteiger partial charge in [-0.2, -0.15) is 0 Å². The molecule has 2 amide bonds. The van der Waals surface area contributed by atoms with Gasteiger partial charge in [0, 0.05) is 12.6 Å². The van der Waals surface area contributed by atoms with Crippen LogP contribution >= 0.6 is 0 Å². The topological polar surface area (TPSA) is 114 Å². The van der Waals surface area contributed by atoms with Gasteiger partial charge in [0.05, 0.1) is 23.7 Å². The highest BCUT2D eigenvalue weighted by molar-refractivity contribution is 7.92. The van der Waals surface area contributed by atoms with Crippen LogP contribution in [0.4, 0.5) is 20.6 Å². The molecule has 1 aliphatic heterocycles. The van der Waals surface area contributed by atoms with Crippen molar-refractivity contribution in [3.63, 3.8) is 0 Å². The third-order valence-corrected chi connectivity index (χ3v) is 7.20. The summed E-state index contributed by atoms with van der Waals surface area (Å²) in [6.45, 7) is 3.18. The number of halogens is 1. The molecule has 1 atom stereocenters. The van der Waals surface area contributed by atoms with Gasteiger partial charge in [0.1, 0.15) is 23.3 Å². The molecular weight excluding hydrogens is 453 g/mol. The summed E-state index contributed by atoms with van der Waals surface area (Å²) in [7, 11) is -4.10. The number of ether oxygens (including phenoxy) is 2. The van der Waals surface area contributed by atoms with Crippen molar-refractivity contribution < 1.29 is 31.9 Å². The van der Waals surface area contributed by atoms with E-state index in [1.165, 1.54) is 31.2 Å². The van der Waals surface area contributed by atoms with Gasteiger partial charge < -0.3 is 14.8 Å². The maximum atomic E-state index is 13.4. The SMILES string of the molecule is CC(=O)NC[C@H]1CN(S(=O)(=O)c2ccc(F)cc2)c2cc(NC(=O)OC3(C)CC3)ccc2O1. The van der Waals surface area contributed by atoms with Crippen LogP contribution < -0.4 is 19.7 Å². The van der Waals surface area contributed by atoms with Gasteiger partial charge in [0.2, 0.25) is 5.91 Å². The van der Waals surface area contributed by atoms with E-state index in [2.05, 4.69) is 10.6 Å². The number of amides is 2. The molecule has 4 rings (SSSR count). The number of sulfonamides is 1. The molecule has 1 aliphatic carbocycles. The molecule has 1 heterocycles. The Hall–Kier alpha value is -3.34. The minimum atomic E-state index is -4.10. The van der Waals surface area contributed by atoms with Gasteiger partial charge in [-0.3, -0.25) is 14.4 Å². The monoisotopic (exact) mass is 477 g/mol. The number of hydrogen-bond donors (Lipinski definition) is 2. The molecule has 1 saturated carbocycles. The van der Waals surface area contributed by atoms with Gasteiger partial charge in [0.25, 0.3) is 10.0 Å². The van der Waals surface area contributed by atoms with Gasteiger partial charge >= 0.3 is 6.09 Å². The Labute approximate surface area is 190 Å². The maximum absolute atomic E-state index is 13.4. The van der Waals surface area contributed by atoms with Gasteiger partial charge in [0.15, 0.2) is 0 Å². The van der Waals surface area contributed by atoms with Crippen molar-refractivity contribution in [3.8, 4) is 5.75 Å². The molecule has 2 aromatic carbocycles. The highest BCUT2D eigenvalue weighted by Crippen LogP contribution is 2.40. The van der Waals surface area contributed by atoms with Crippen LogP contribution in [0.25, 0.3) is 0 Å². The number of benzene rings is 2. The van der Waals surface area contributed by atoms with Crippen molar-refractivity contribution in [2.45, 2.75) is 43.3 Å². The van der Waals surface area contributed by atoms with E-state index in [9.17, 15) is 22.4 Å². The van der Waals surface area contributed by atoms with Crippen molar-refractivity contribution in [2.24, 2.45) is 0 Å². The molecular formula is C22H24FN3O6S. The minimum absolute atomic E-state index is 0.0924. The molecule has 0 unspecified atom stereocenters. The molecule has 2 aliphatic rings. The highest BCUT2D eigenvalue weighted by atomic mass is 32.2. The Morgan fingerprint density at radius 3 is 2.55 bits per heavy atom. The van der Waals surface area contributed by atoms with Crippen LogP contribution in [0, 0.1) is 5.82 Å². The number of rotatable bonds is 6. The zero-order valence-corrected chi connectivity index (χ0v) is 18.9. The summed E-state index contributed by atoms with van der Waals surface area (Å²) < 4.78 is 52.6. The van der Waals surface area contributed by atoms with E-state index in [4.69, 9.17) is 9.47 Å². The Kier molecular flexibility index (Phi) is 5.91. The lowest BCUT2D eigenvalue weighted by molar-refractivity contribution is -0.119. The first-order valence-corrected chi connectivity index (χ1v) is 11.8. The molecule has 1 fully saturated rings. The summed E-state index contributed by atoms with van der Waals surface area (Å²) in [4.78, 5) is 23.4. The Morgan fingerprint density at radius 1 is 1.21 bits per heavy atom. The fraction of sp³-hybridized carbons (Fsp3) is 0.364. The summed E-state index contributed by atoms with van der Waals surface area (Å²) in [5.74, 6) is -0.579. The van der Waals surface area contributed by atoms with Crippen LogP contribution in [-0.4, -0.2) is 45.2 Å². The molecule has 0 aromatic heterocycles. The first kappa shape index (κ1) is 22.8. The maximum Gasteiger partial charge on any atom is 0.412 e. The number of nitrogens with one attached hydrogen (secondary N) is 2. The number of carbonyl (C=O) groups is 2. The quantitative estimate of drug-likeness (QED) is 0.661. The standard InChI is InChI=1S/C22H24FN3O6S/c1-14(27)24-12-17-13-26(33(29,30)18-6-3-15(23)4-7-18)19-11-16(5-8-20(19)31-17)25-21(28)32-22(2)9-10-22/h3-8,11,17H,9-10,12-13H2,1-2H3,(H,24,27)(H,25,28)/t17-/m0/s1. The van der Waals surface area contributed by atoms with Crippen molar-refractivity contribution >= 4 is 33.4 Å². The third-order valence-electron chi connectivity index (χ3n) is 5.41. The lowest BCUT2D eigenvalue weighted by atomic mass is 10.2. The molecule has 0 radical (unpaired) electrons. The van der Waals surface area contributed by atoms with E-state index in [-0.39, 0.29) is 35.3 Å². The molecule has 0 bridgehead atoms. The average molecular weight is 478 g/mol. The van der Waals surface area contributed by atoms with Crippen molar-refractivity contribution in [1.82, 2.24) is 5.32 Å². The number of hydrogen-bond acceptors (Lipinski definition) is 6. The van der Waals surface area contributed by atoms with Crippen LogP contribution in [0.1, 0.15) is 26.7 Å². The summed E-state index contributed by atoms with van der Waals surface area (Å²) >= 11 is 0. The molecule has 0 saturated heterocycles. The average Bonchev–Trinajstić information content (AvgIpc) is 3.48. The second kappa shape index (κ2) is 8.54. The zero-order chi connectivity index (χ0) is 23.8. The molecule has 2 N–H and O–H groups in total. The minimum Gasteiger partial charge on any atom is -0.484 e. The van der Waals surface area contributed by atoms with Gasteiger partial charge in [-0.05, 0) is 62.2 Å². The normalized spacial score (nSPS) is 18.5. The number of fused-ring (bicyclic) bond motifs is 1. The van der Waals surface area contributed by atoms with Gasteiger partial charge in [-0.25, -0.2) is 17.6 Å². The Balaban J connectivity index is 1.65. The molecule has 0 spiro atoms. The Bertz CT molecular complexity index is 1180. The molecule has 2 aromatic rings. The fourth-order valence-electron chi connectivity index (χ4n) is 3.36. The van der Waals surface area contributed by atoms with E-state index in [1.807, 2.05) is 6.92 Å². The first-order valence-electron chi connectivity index (χ1n) is 10.4. The second-order valence-electron chi connectivity index (χ2n) is 8.31. The lowest BCUT2D eigenvalue weighted by Gasteiger charge is -2.35. The van der Waals surface area contributed by atoms with Crippen LogP contribution in [0.5, 0.6) is 5.75 Å². The van der Waals surface area contributed by atoms with Crippen molar-refractivity contribution in [2.75, 3.05) is 22.7 Å². The Morgan fingerprint density at radius 2 is 1.91 bits per heavy atom. The smallest absolute Gasteiger partial charge is 0.412 e. The van der Waals surface area contributed by atoms with E-state index in [0.717, 1.165) is 29.3 Å². The van der Waals surface area contributed by atoms with Crippen molar-refractivity contribution in [1.29, 1.82) is 0 Å². The predicted molar refractivity (Wildman–Crippen MR) is 118 cm³/mol. The van der Waals surface area contributed by atoms with E-state index >= 15 is 0 Å². The van der Waals surface area contributed by atoms with Gasteiger partial charge in [-0.15, -0.1) is 0 Å². The second-order valence-corrected chi connectivity index (χ2v) is 10.2. The first-order chi connectivity index (χ1) is 15.6. The molecule has 9 nitrogen and oxygen atoms in total. The summed E-state index contributed by atoms with van der Waals surface area (Å²) in [6, 6.07) is 9.07. The largest absolute Gasteiger partial charge is 0.484 e. The number of carbonyl (C=O) groups excluding carboxylic acids is 2. The highest BCUT2D eigenvalue weighted by Gasteiger charge is 2.42. The van der Waals surface area contributed by atoms with E-state index < -0.39 is 33.6 Å². The number of nitrogens with zero attached hydrogens (tertiary/aromatic N) is 1. The van der Waals surface area contributed by atoms with Gasteiger partial charge in [-0.1, -0.05) is 0 Å². The third kappa shape index (κ3) is 5.19. The van der Waals surface area contributed by atoms with Crippen LogP contribution in [0.3, 0.4) is 0 Å². The van der Waals surface area contributed by atoms with E-state index in [0.29, 0.717) is 5.69 Å². The molecule has 176 valence electrons. The van der Waals surface area contributed by atoms with Crippen LogP contribution in [0.15, 0.2) is 47.4 Å². The lowest BCUT2D eigenvalue weighted by Crippen LogP contribution is -2.48. The summed E-state index contributed by atoms with van der Waals surface area (Å²) in [5, 5.41) is 5.24.